The van der Waals surface area contributed by atoms with Crippen molar-refractivity contribution < 1.29 is 0 Å². The smallest absolute Gasteiger partial charge is 0.208 e. The number of H-pyrrole nitrogens is 1. The van der Waals surface area contributed by atoms with E-state index in [0.29, 0.717) is 6.04 Å². The molecule has 25 heavy (non-hydrogen) atoms. The van der Waals surface area contributed by atoms with Crippen LogP contribution < -0.4 is 10.2 Å². The molecule has 132 valence electrons. The molecule has 2 aromatic heterocycles. The maximum absolute atomic E-state index is 4.78. The predicted molar refractivity (Wildman–Crippen MR) is 105 cm³/mol. The van der Waals surface area contributed by atoms with Crippen LogP contribution in [-0.2, 0) is 0 Å². The SMILES string of the molecule is Cc1nc(SCCNC2CCN(c3nc4ccccc4s3)CC2)n[nH]1. The number of hydrogen-bond acceptors (Lipinski definition) is 7. The van der Waals surface area contributed by atoms with Gasteiger partial charge in [0.15, 0.2) is 5.13 Å². The summed E-state index contributed by atoms with van der Waals surface area (Å²) in [6, 6.07) is 8.98. The van der Waals surface area contributed by atoms with Crippen LogP contribution in [0.25, 0.3) is 10.2 Å². The molecule has 1 aliphatic heterocycles. The lowest BCUT2D eigenvalue weighted by atomic mass is 10.1. The maximum atomic E-state index is 4.78. The van der Waals surface area contributed by atoms with Gasteiger partial charge in [0.25, 0.3) is 0 Å². The summed E-state index contributed by atoms with van der Waals surface area (Å²) in [5, 5.41) is 12.7. The number of nitrogens with zero attached hydrogens (tertiary/aromatic N) is 4. The summed E-state index contributed by atoms with van der Waals surface area (Å²) in [5.74, 6) is 1.87. The highest BCUT2D eigenvalue weighted by molar-refractivity contribution is 7.99. The van der Waals surface area contributed by atoms with Gasteiger partial charge in [-0.05, 0) is 31.9 Å². The van der Waals surface area contributed by atoms with Crippen LogP contribution in [0.5, 0.6) is 0 Å². The summed E-state index contributed by atoms with van der Waals surface area (Å²) in [6.45, 7) is 5.06. The molecule has 0 saturated carbocycles. The van der Waals surface area contributed by atoms with Crippen molar-refractivity contribution in [2.75, 3.05) is 30.3 Å². The molecule has 3 aromatic rings. The fraction of sp³-hybridized carbons (Fsp3) is 0.471. The quantitative estimate of drug-likeness (QED) is 0.510. The zero-order chi connectivity index (χ0) is 17.1. The Morgan fingerprint density at radius 2 is 2.12 bits per heavy atom. The minimum atomic E-state index is 0.597. The summed E-state index contributed by atoms with van der Waals surface area (Å²) in [6.07, 6.45) is 2.33. The summed E-state index contributed by atoms with van der Waals surface area (Å²) in [4.78, 5) is 11.5. The lowest BCUT2D eigenvalue weighted by Crippen LogP contribution is -2.43. The average molecular weight is 375 g/mol. The Bertz CT molecular complexity index is 788. The Morgan fingerprint density at radius 1 is 1.28 bits per heavy atom. The third-order valence-electron chi connectivity index (χ3n) is 4.39. The second-order valence-electron chi connectivity index (χ2n) is 6.23. The first kappa shape index (κ1) is 16.8. The molecule has 2 N–H and O–H groups in total. The van der Waals surface area contributed by atoms with Gasteiger partial charge in [-0.15, -0.1) is 5.10 Å². The monoisotopic (exact) mass is 374 g/mol. The normalized spacial score (nSPS) is 16.0. The van der Waals surface area contributed by atoms with Gasteiger partial charge in [0, 0.05) is 31.4 Å². The Labute approximate surface area is 155 Å². The van der Waals surface area contributed by atoms with Crippen molar-refractivity contribution in [2.45, 2.75) is 31.0 Å². The van der Waals surface area contributed by atoms with Gasteiger partial charge in [0.2, 0.25) is 5.16 Å². The lowest BCUT2D eigenvalue weighted by Gasteiger charge is -2.32. The van der Waals surface area contributed by atoms with Crippen LogP contribution in [0.2, 0.25) is 0 Å². The minimum absolute atomic E-state index is 0.597. The van der Waals surface area contributed by atoms with Gasteiger partial charge in [-0.25, -0.2) is 9.97 Å². The molecule has 0 amide bonds. The number of thioether (sulfide) groups is 1. The summed E-state index contributed by atoms with van der Waals surface area (Å²) < 4.78 is 1.27. The number of aryl methyl sites for hydroxylation is 1. The van der Waals surface area contributed by atoms with Crippen LogP contribution in [0, 0.1) is 6.92 Å². The average Bonchev–Trinajstić information content (AvgIpc) is 3.25. The van der Waals surface area contributed by atoms with E-state index >= 15 is 0 Å². The molecule has 0 radical (unpaired) electrons. The third kappa shape index (κ3) is 4.13. The van der Waals surface area contributed by atoms with E-state index in [1.807, 2.05) is 6.92 Å². The molecule has 0 unspecified atom stereocenters. The molecule has 1 saturated heterocycles. The van der Waals surface area contributed by atoms with Crippen LogP contribution in [0.1, 0.15) is 18.7 Å². The lowest BCUT2D eigenvalue weighted by molar-refractivity contribution is 0.425. The van der Waals surface area contributed by atoms with Gasteiger partial charge in [-0.1, -0.05) is 35.2 Å². The highest BCUT2D eigenvalue weighted by atomic mass is 32.2. The number of fused-ring (bicyclic) bond motifs is 1. The van der Waals surface area contributed by atoms with E-state index in [0.717, 1.165) is 47.0 Å². The van der Waals surface area contributed by atoms with E-state index < -0.39 is 0 Å². The van der Waals surface area contributed by atoms with Gasteiger partial charge in [0.1, 0.15) is 5.82 Å². The number of para-hydroxylation sites is 1. The van der Waals surface area contributed by atoms with Gasteiger partial charge in [0.05, 0.1) is 10.2 Å². The van der Waals surface area contributed by atoms with E-state index in [1.165, 1.54) is 17.5 Å². The number of anilines is 1. The molecule has 4 rings (SSSR count). The highest BCUT2D eigenvalue weighted by Gasteiger charge is 2.21. The first-order valence-electron chi connectivity index (χ1n) is 8.63. The first-order chi connectivity index (χ1) is 12.3. The van der Waals surface area contributed by atoms with Crippen LogP contribution in [0.4, 0.5) is 5.13 Å². The third-order valence-corrected chi connectivity index (χ3v) is 6.34. The van der Waals surface area contributed by atoms with Crippen molar-refractivity contribution in [1.82, 2.24) is 25.5 Å². The highest BCUT2D eigenvalue weighted by Crippen LogP contribution is 2.30. The molecule has 0 aliphatic carbocycles. The topological polar surface area (TPSA) is 69.7 Å². The van der Waals surface area contributed by atoms with Crippen LogP contribution in [-0.4, -0.2) is 51.6 Å². The van der Waals surface area contributed by atoms with Gasteiger partial charge in [-0.2, -0.15) is 0 Å². The summed E-state index contributed by atoms with van der Waals surface area (Å²) in [5.41, 5.74) is 1.11. The van der Waals surface area contributed by atoms with Gasteiger partial charge >= 0.3 is 0 Å². The number of aromatic amines is 1. The molecular weight excluding hydrogens is 352 g/mol. The number of benzene rings is 1. The largest absolute Gasteiger partial charge is 0.348 e. The second-order valence-corrected chi connectivity index (χ2v) is 8.30. The van der Waals surface area contributed by atoms with Crippen molar-refractivity contribution >= 4 is 38.4 Å². The predicted octanol–water partition coefficient (Wildman–Crippen LogP) is 3.07. The maximum Gasteiger partial charge on any atom is 0.208 e. The Kier molecular flexibility index (Phi) is 5.19. The number of piperidine rings is 1. The number of thiazole rings is 1. The molecular formula is C17H22N6S2. The second kappa shape index (κ2) is 7.72. The molecule has 6 nitrogen and oxygen atoms in total. The van der Waals surface area contributed by atoms with Gasteiger partial charge < -0.3 is 10.2 Å². The molecule has 8 heteroatoms. The molecule has 1 fully saturated rings. The number of rotatable bonds is 6. The van der Waals surface area contributed by atoms with E-state index in [-0.39, 0.29) is 0 Å². The fourth-order valence-electron chi connectivity index (χ4n) is 3.06. The number of hydrogen-bond donors (Lipinski definition) is 2. The molecule has 3 heterocycles. The zero-order valence-corrected chi connectivity index (χ0v) is 15.9. The van der Waals surface area contributed by atoms with E-state index in [2.05, 4.69) is 49.7 Å². The Hall–Kier alpha value is -1.64. The number of aromatic nitrogens is 4. The van der Waals surface area contributed by atoms with Crippen molar-refractivity contribution in [1.29, 1.82) is 0 Å². The van der Waals surface area contributed by atoms with E-state index in [1.54, 1.807) is 23.1 Å². The van der Waals surface area contributed by atoms with Crippen molar-refractivity contribution in [2.24, 2.45) is 0 Å². The van der Waals surface area contributed by atoms with Gasteiger partial charge in [-0.3, -0.25) is 5.10 Å². The van der Waals surface area contributed by atoms with E-state index in [9.17, 15) is 0 Å². The Balaban J connectivity index is 1.21. The first-order valence-corrected chi connectivity index (χ1v) is 10.4. The molecule has 1 aromatic carbocycles. The molecule has 0 spiro atoms. The Morgan fingerprint density at radius 3 is 2.88 bits per heavy atom. The standard InChI is InChI=1S/C17H22N6S2/c1-12-19-16(22-21-12)24-11-8-18-13-6-9-23(10-7-13)17-20-14-4-2-3-5-15(14)25-17/h2-5,13,18H,6-11H2,1H3,(H,19,21,22). The summed E-state index contributed by atoms with van der Waals surface area (Å²) in [7, 11) is 0. The molecule has 1 aliphatic rings. The van der Waals surface area contributed by atoms with Crippen molar-refractivity contribution in [3.05, 3.63) is 30.1 Å². The fourth-order valence-corrected chi connectivity index (χ4v) is 4.79. The van der Waals surface area contributed by atoms with Crippen LogP contribution >= 0.6 is 23.1 Å². The molecule has 0 bridgehead atoms. The molecule has 0 atom stereocenters. The van der Waals surface area contributed by atoms with E-state index in [4.69, 9.17) is 4.98 Å². The van der Waals surface area contributed by atoms with Crippen molar-refractivity contribution in [3.63, 3.8) is 0 Å². The van der Waals surface area contributed by atoms with Crippen LogP contribution in [0.3, 0.4) is 0 Å². The van der Waals surface area contributed by atoms with Crippen LogP contribution in [0.15, 0.2) is 29.4 Å². The number of nitrogens with one attached hydrogen (secondary N) is 2. The summed E-state index contributed by atoms with van der Waals surface area (Å²) >= 11 is 3.50. The minimum Gasteiger partial charge on any atom is -0.348 e. The van der Waals surface area contributed by atoms with Crippen molar-refractivity contribution in [3.8, 4) is 0 Å². The zero-order valence-electron chi connectivity index (χ0n) is 14.2.